The Bertz CT molecular complexity index is 751. The van der Waals surface area contributed by atoms with Gasteiger partial charge in [-0.2, -0.15) is 0 Å². The third kappa shape index (κ3) is 3.34. The van der Waals surface area contributed by atoms with Gasteiger partial charge in [-0.25, -0.2) is 4.98 Å². The molecule has 0 bridgehead atoms. The van der Waals surface area contributed by atoms with Crippen molar-refractivity contribution >= 4 is 26.7 Å². The number of nitrogens with zero attached hydrogens (tertiary/aromatic N) is 1. The number of likely N-dealkylation sites (N-methyl/N-ethyl adjacent to an activating group) is 1. The van der Waals surface area contributed by atoms with Gasteiger partial charge in [-0.15, -0.1) is 0 Å². The van der Waals surface area contributed by atoms with E-state index in [0.29, 0.717) is 0 Å². The first kappa shape index (κ1) is 14.3. The van der Waals surface area contributed by atoms with E-state index < -0.39 is 0 Å². The number of oxazole rings is 1. The number of fused-ring (bicyclic) bond motifs is 1. The largest absolute Gasteiger partial charge is 0.441 e. The number of nitrogens with one attached hydrogen (secondary N) is 1. The number of rotatable bonds is 5. The highest BCUT2D eigenvalue weighted by Gasteiger charge is 2.07. The molecule has 0 aliphatic rings. The highest BCUT2D eigenvalue weighted by atomic mass is 79.9. The fraction of sp³-hybridized carbons (Fsp3) is 0.235. The maximum atomic E-state index is 5.83. The van der Waals surface area contributed by atoms with E-state index in [1.807, 2.05) is 6.07 Å². The molecule has 0 unspecified atom stereocenters. The van der Waals surface area contributed by atoms with Crippen molar-refractivity contribution in [2.24, 2.45) is 0 Å². The van der Waals surface area contributed by atoms with Crippen molar-refractivity contribution in [3.8, 4) is 11.3 Å². The first-order valence-electron chi connectivity index (χ1n) is 7.11. The zero-order chi connectivity index (χ0) is 14.7. The Morgan fingerprint density at radius 2 is 1.95 bits per heavy atom. The normalized spacial score (nSPS) is 11.1. The van der Waals surface area contributed by atoms with Crippen LogP contribution in [0.1, 0.15) is 12.8 Å². The standard InChI is InChI=1S/C17H17BrN2O/c1-2-19-8-7-17-20-11-16(21-17)14-4-3-13-10-15(18)6-5-12(13)9-14/h3-6,9-11,19H,2,7-8H2,1H3. The molecule has 0 saturated heterocycles. The van der Waals surface area contributed by atoms with Crippen LogP contribution in [0.3, 0.4) is 0 Å². The quantitative estimate of drug-likeness (QED) is 0.696. The molecule has 0 aliphatic heterocycles. The van der Waals surface area contributed by atoms with Gasteiger partial charge in [0.15, 0.2) is 11.7 Å². The summed E-state index contributed by atoms with van der Waals surface area (Å²) in [7, 11) is 0. The molecule has 108 valence electrons. The summed E-state index contributed by atoms with van der Waals surface area (Å²) in [6.45, 7) is 3.95. The Morgan fingerprint density at radius 3 is 2.81 bits per heavy atom. The summed E-state index contributed by atoms with van der Waals surface area (Å²) in [6.07, 6.45) is 2.62. The first-order valence-corrected chi connectivity index (χ1v) is 7.90. The predicted molar refractivity (Wildman–Crippen MR) is 89.4 cm³/mol. The maximum Gasteiger partial charge on any atom is 0.196 e. The van der Waals surface area contributed by atoms with E-state index in [4.69, 9.17) is 4.42 Å². The summed E-state index contributed by atoms with van der Waals surface area (Å²) in [5, 5.41) is 5.67. The molecule has 3 rings (SSSR count). The minimum Gasteiger partial charge on any atom is -0.441 e. The lowest BCUT2D eigenvalue weighted by Crippen LogP contribution is -2.16. The van der Waals surface area contributed by atoms with E-state index in [1.165, 1.54) is 10.8 Å². The lowest BCUT2D eigenvalue weighted by Gasteiger charge is -2.02. The maximum absolute atomic E-state index is 5.83. The van der Waals surface area contributed by atoms with Gasteiger partial charge in [0.25, 0.3) is 0 Å². The van der Waals surface area contributed by atoms with Crippen LogP contribution in [-0.2, 0) is 6.42 Å². The summed E-state index contributed by atoms with van der Waals surface area (Å²) < 4.78 is 6.92. The summed E-state index contributed by atoms with van der Waals surface area (Å²) in [5.74, 6) is 1.60. The van der Waals surface area contributed by atoms with Crippen LogP contribution in [0.15, 0.2) is 51.5 Å². The van der Waals surface area contributed by atoms with Crippen molar-refractivity contribution in [2.45, 2.75) is 13.3 Å². The summed E-state index contributed by atoms with van der Waals surface area (Å²) in [4.78, 5) is 4.34. The fourth-order valence-electron chi connectivity index (χ4n) is 2.30. The molecular weight excluding hydrogens is 328 g/mol. The Balaban J connectivity index is 1.84. The van der Waals surface area contributed by atoms with E-state index in [2.05, 4.69) is 63.5 Å². The minimum atomic E-state index is 0.779. The van der Waals surface area contributed by atoms with Crippen LogP contribution in [0.25, 0.3) is 22.1 Å². The second-order valence-electron chi connectivity index (χ2n) is 4.93. The lowest BCUT2D eigenvalue weighted by molar-refractivity contribution is 0.497. The van der Waals surface area contributed by atoms with Crippen molar-refractivity contribution in [1.29, 1.82) is 0 Å². The summed E-state index contributed by atoms with van der Waals surface area (Å²) in [6, 6.07) is 12.6. The van der Waals surface area contributed by atoms with E-state index in [-0.39, 0.29) is 0 Å². The Kier molecular flexibility index (Phi) is 4.36. The average Bonchev–Trinajstić information content (AvgIpc) is 2.96. The predicted octanol–water partition coefficient (Wildman–Crippen LogP) is 4.41. The lowest BCUT2D eigenvalue weighted by atomic mass is 10.1. The average molecular weight is 345 g/mol. The van der Waals surface area contributed by atoms with Gasteiger partial charge in [0.2, 0.25) is 0 Å². The fourth-order valence-corrected chi connectivity index (χ4v) is 2.68. The zero-order valence-corrected chi connectivity index (χ0v) is 13.5. The van der Waals surface area contributed by atoms with Crippen molar-refractivity contribution in [3.63, 3.8) is 0 Å². The van der Waals surface area contributed by atoms with Crippen molar-refractivity contribution < 1.29 is 4.42 Å². The zero-order valence-electron chi connectivity index (χ0n) is 11.9. The van der Waals surface area contributed by atoms with Gasteiger partial charge < -0.3 is 9.73 Å². The van der Waals surface area contributed by atoms with Gasteiger partial charge in [0, 0.05) is 23.0 Å². The number of hydrogen-bond acceptors (Lipinski definition) is 3. The number of halogens is 1. The second kappa shape index (κ2) is 6.41. The highest BCUT2D eigenvalue weighted by molar-refractivity contribution is 9.10. The van der Waals surface area contributed by atoms with Gasteiger partial charge in [-0.1, -0.05) is 41.1 Å². The smallest absolute Gasteiger partial charge is 0.196 e. The van der Waals surface area contributed by atoms with E-state index in [0.717, 1.165) is 41.2 Å². The van der Waals surface area contributed by atoms with Gasteiger partial charge in [-0.05, 0) is 35.5 Å². The SMILES string of the molecule is CCNCCc1ncc(-c2ccc3cc(Br)ccc3c2)o1. The molecule has 2 aromatic carbocycles. The van der Waals surface area contributed by atoms with Crippen LogP contribution in [0.5, 0.6) is 0 Å². The Morgan fingerprint density at radius 1 is 1.14 bits per heavy atom. The molecule has 4 heteroatoms. The molecular formula is C17H17BrN2O. The van der Waals surface area contributed by atoms with Gasteiger partial charge in [-0.3, -0.25) is 0 Å². The molecule has 3 aromatic rings. The molecule has 21 heavy (non-hydrogen) atoms. The number of benzene rings is 2. The topological polar surface area (TPSA) is 38.1 Å². The highest BCUT2D eigenvalue weighted by Crippen LogP contribution is 2.27. The molecule has 0 amide bonds. The molecule has 1 heterocycles. The molecule has 1 aromatic heterocycles. The van der Waals surface area contributed by atoms with Crippen molar-refractivity contribution in [2.75, 3.05) is 13.1 Å². The third-order valence-electron chi connectivity index (χ3n) is 3.41. The number of hydrogen-bond donors (Lipinski definition) is 1. The first-order chi connectivity index (χ1) is 10.3. The summed E-state index contributed by atoms with van der Waals surface area (Å²) in [5.41, 5.74) is 1.06. The molecule has 3 nitrogen and oxygen atoms in total. The van der Waals surface area contributed by atoms with Gasteiger partial charge in [0.05, 0.1) is 6.20 Å². The molecule has 0 fully saturated rings. The molecule has 0 saturated carbocycles. The minimum absolute atomic E-state index is 0.779. The van der Waals surface area contributed by atoms with Crippen LogP contribution in [-0.4, -0.2) is 18.1 Å². The van der Waals surface area contributed by atoms with E-state index in [9.17, 15) is 0 Å². The van der Waals surface area contributed by atoms with Crippen LogP contribution >= 0.6 is 15.9 Å². The molecule has 0 radical (unpaired) electrons. The summed E-state index contributed by atoms with van der Waals surface area (Å²) >= 11 is 3.49. The molecule has 0 atom stereocenters. The van der Waals surface area contributed by atoms with Crippen molar-refractivity contribution in [3.05, 3.63) is 53.0 Å². The molecule has 1 N–H and O–H groups in total. The third-order valence-corrected chi connectivity index (χ3v) is 3.90. The molecule has 0 aliphatic carbocycles. The van der Waals surface area contributed by atoms with Crippen LogP contribution in [0, 0.1) is 0 Å². The van der Waals surface area contributed by atoms with E-state index >= 15 is 0 Å². The van der Waals surface area contributed by atoms with Crippen LogP contribution in [0.4, 0.5) is 0 Å². The van der Waals surface area contributed by atoms with E-state index in [1.54, 1.807) is 6.20 Å². The van der Waals surface area contributed by atoms with Crippen LogP contribution < -0.4 is 5.32 Å². The second-order valence-corrected chi connectivity index (χ2v) is 5.84. The van der Waals surface area contributed by atoms with Crippen molar-refractivity contribution in [1.82, 2.24) is 10.3 Å². The monoisotopic (exact) mass is 344 g/mol. The molecule has 0 spiro atoms. The van der Waals surface area contributed by atoms with Crippen LogP contribution in [0.2, 0.25) is 0 Å². The Labute approximate surface area is 132 Å². The van der Waals surface area contributed by atoms with Gasteiger partial charge in [0.1, 0.15) is 0 Å². The Hall–Kier alpha value is -1.65. The number of aromatic nitrogens is 1. The van der Waals surface area contributed by atoms with Gasteiger partial charge >= 0.3 is 0 Å².